The lowest BCUT2D eigenvalue weighted by Gasteiger charge is -2.40. The molecule has 208 valence electrons. The van der Waals surface area contributed by atoms with Crippen molar-refractivity contribution < 1.29 is 0 Å². The number of hydrogen-bond acceptors (Lipinski definition) is 0. The van der Waals surface area contributed by atoms with Crippen molar-refractivity contribution in [1.82, 2.24) is 9.13 Å². The third-order valence-electron chi connectivity index (χ3n) is 10.5. The van der Waals surface area contributed by atoms with Crippen molar-refractivity contribution in [2.24, 2.45) is 0 Å². The summed E-state index contributed by atoms with van der Waals surface area (Å²) in [6.07, 6.45) is 0. The van der Waals surface area contributed by atoms with Crippen molar-refractivity contribution in [3.63, 3.8) is 0 Å². The summed E-state index contributed by atoms with van der Waals surface area (Å²) >= 11 is 0. The van der Waals surface area contributed by atoms with Gasteiger partial charge in [0.15, 0.2) is 0 Å². The summed E-state index contributed by atoms with van der Waals surface area (Å²) in [5, 5.41) is 5.16. The Labute approximate surface area is 260 Å². The van der Waals surface area contributed by atoms with E-state index in [-0.39, 0.29) is 0 Å². The van der Waals surface area contributed by atoms with Gasteiger partial charge in [-0.2, -0.15) is 0 Å². The van der Waals surface area contributed by atoms with Gasteiger partial charge in [-0.05, 0) is 69.8 Å². The summed E-state index contributed by atoms with van der Waals surface area (Å²) in [5.74, 6) is 0. The van der Waals surface area contributed by atoms with Gasteiger partial charge in [0.1, 0.15) is 0 Å². The van der Waals surface area contributed by atoms with Crippen molar-refractivity contribution in [1.29, 1.82) is 0 Å². The standard InChI is InChI=1S/C43H26N2/c1-6-18-34-28(12-1)29-13-2-7-19-35(29)43(34)36-20-11-17-33-32-16-5-10-23-40(32)45(42(33)36)41-25-24-27(26-37(41)43)44-38-21-8-3-14-30(38)31-15-4-9-22-39(31)44/h1-26H. The number of para-hydroxylation sites is 4. The summed E-state index contributed by atoms with van der Waals surface area (Å²) in [7, 11) is 0. The first-order chi connectivity index (χ1) is 22.4. The molecule has 0 bridgehead atoms. The minimum atomic E-state index is -0.457. The molecule has 1 spiro atoms. The smallest absolute Gasteiger partial charge is 0.0755 e. The SMILES string of the molecule is c1ccc2c(c1)-c1ccccc1C21c2cc(-n3c4ccccc4c4ccccc43)ccc2-n2c3ccccc3c3cccc1c32. The molecule has 0 unspecified atom stereocenters. The monoisotopic (exact) mass is 570 g/mol. The van der Waals surface area contributed by atoms with Crippen LogP contribution in [-0.2, 0) is 5.41 Å². The van der Waals surface area contributed by atoms with E-state index < -0.39 is 5.41 Å². The highest BCUT2D eigenvalue weighted by Crippen LogP contribution is 2.61. The van der Waals surface area contributed by atoms with Crippen molar-refractivity contribution >= 4 is 43.6 Å². The van der Waals surface area contributed by atoms with Crippen LogP contribution in [0.2, 0.25) is 0 Å². The van der Waals surface area contributed by atoms with E-state index in [1.807, 2.05) is 0 Å². The van der Waals surface area contributed by atoms with E-state index >= 15 is 0 Å². The first-order valence-electron chi connectivity index (χ1n) is 15.7. The summed E-state index contributed by atoms with van der Waals surface area (Å²) in [5.41, 5.74) is 15.0. The average Bonchev–Trinajstić information content (AvgIpc) is 3.73. The molecule has 1 aliphatic carbocycles. The minimum absolute atomic E-state index is 0.457. The predicted octanol–water partition coefficient (Wildman–Crippen LogP) is 10.6. The van der Waals surface area contributed by atoms with Gasteiger partial charge in [-0.15, -0.1) is 0 Å². The number of nitrogens with zero attached hydrogens (tertiary/aromatic N) is 2. The molecule has 2 nitrogen and oxygen atoms in total. The van der Waals surface area contributed by atoms with Gasteiger partial charge in [0.05, 0.1) is 33.2 Å². The lowest BCUT2D eigenvalue weighted by Crippen LogP contribution is -2.33. The topological polar surface area (TPSA) is 9.86 Å². The van der Waals surface area contributed by atoms with Gasteiger partial charge in [-0.3, -0.25) is 0 Å². The van der Waals surface area contributed by atoms with Crippen LogP contribution in [0.25, 0.3) is 66.1 Å². The number of fused-ring (bicyclic) bond motifs is 15. The van der Waals surface area contributed by atoms with Gasteiger partial charge in [0.25, 0.3) is 0 Å². The maximum atomic E-state index is 2.53. The van der Waals surface area contributed by atoms with Crippen molar-refractivity contribution in [3.8, 4) is 22.5 Å². The summed E-state index contributed by atoms with van der Waals surface area (Å²) in [6, 6.07) is 58.8. The lowest BCUT2D eigenvalue weighted by atomic mass is 9.65. The molecule has 0 N–H and O–H groups in total. The maximum Gasteiger partial charge on any atom is 0.0755 e. The van der Waals surface area contributed by atoms with E-state index in [0.29, 0.717) is 0 Å². The summed E-state index contributed by atoms with van der Waals surface area (Å²) in [4.78, 5) is 0. The van der Waals surface area contributed by atoms with Gasteiger partial charge < -0.3 is 9.13 Å². The van der Waals surface area contributed by atoms with Crippen LogP contribution < -0.4 is 0 Å². The molecular formula is C43H26N2. The third kappa shape index (κ3) is 2.69. The normalized spacial score (nSPS) is 14.0. The first kappa shape index (κ1) is 23.6. The van der Waals surface area contributed by atoms with E-state index in [0.717, 1.165) is 0 Å². The predicted molar refractivity (Wildman–Crippen MR) is 186 cm³/mol. The zero-order valence-corrected chi connectivity index (χ0v) is 24.4. The van der Waals surface area contributed by atoms with Crippen LogP contribution in [-0.4, -0.2) is 9.13 Å². The molecule has 3 heterocycles. The van der Waals surface area contributed by atoms with Crippen molar-refractivity contribution in [2.75, 3.05) is 0 Å². The maximum absolute atomic E-state index is 2.53. The Hall–Kier alpha value is -5.86. The molecule has 11 rings (SSSR count). The molecule has 0 saturated carbocycles. The second kappa shape index (κ2) is 8.19. The Bertz CT molecular complexity index is 2620. The Morgan fingerprint density at radius 3 is 1.49 bits per heavy atom. The van der Waals surface area contributed by atoms with E-state index in [1.165, 1.54) is 88.4 Å². The largest absolute Gasteiger partial charge is 0.309 e. The highest BCUT2D eigenvalue weighted by molar-refractivity contribution is 6.13. The lowest BCUT2D eigenvalue weighted by molar-refractivity contribution is 0.747. The van der Waals surface area contributed by atoms with Gasteiger partial charge >= 0.3 is 0 Å². The van der Waals surface area contributed by atoms with Crippen molar-refractivity contribution in [3.05, 3.63) is 180 Å². The average molecular weight is 571 g/mol. The summed E-state index contributed by atoms with van der Waals surface area (Å²) < 4.78 is 4.98. The second-order valence-corrected chi connectivity index (χ2v) is 12.5. The van der Waals surface area contributed by atoms with Crippen LogP contribution in [0.1, 0.15) is 22.3 Å². The molecular weight excluding hydrogens is 544 g/mol. The van der Waals surface area contributed by atoms with E-state index in [4.69, 9.17) is 0 Å². The first-order valence-corrected chi connectivity index (χ1v) is 15.7. The fraction of sp³-hybridized carbons (Fsp3) is 0.0233. The highest BCUT2D eigenvalue weighted by Gasteiger charge is 2.50. The molecule has 0 amide bonds. The van der Waals surface area contributed by atoms with Crippen molar-refractivity contribution in [2.45, 2.75) is 5.41 Å². The highest BCUT2D eigenvalue weighted by atomic mass is 15.0. The van der Waals surface area contributed by atoms with Gasteiger partial charge in [-0.25, -0.2) is 0 Å². The fourth-order valence-electron chi connectivity index (χ4n) is 8.89. The van der Waals surface area contributed by atoms with Gasteiger partial charge in [-0.1, -0.05) is 121 Å². The molecule has 9 aromatic rings. The molecule has 0 fully saturated rings. The molecule has 45 heavy (non-hydrogen) atoms. The number of aromatic nitrogens is 2. The van der Waals surface area contributed by atoms with Crippen LogP contribution >= 0.6 is 0 Å². The molecule has 2 aliphatic rings. The summed E-state index contributed by atoms with van der Waals surface area (Å²) in [6.45, 7) is 0. The number of rotatable bonds is 1. The molecule has 7 aromatic carbocycles. The number of benzene rings is 7. The van der Waals surface area contributed by atoms with Crippen LogP contribution in [0.3, 0.4) is 0 Å². The Kier molecular flexibility index (Phi) is 4.29. The minimum Gasteiger partial charge on any atom is -0.309 e. The quantitative estimate of drug-likeness (QED) is 0.186. The molecule has 2 aromatic heterocycles. The second-order valence-electron chi connectivity index (χ2n) is 12.5. The van der Waals surface area contributed by atoms with Crippen LogP contribution in [0.4, 0.5) is 0 Å². The Morgan fingerprint density at radius 1 is 0.356 bits per heavy atom. The fourth-order valence-corrected chi connectivity index (χ4v) is 8.89. The van der Waals surface area contributed by atoms with Crippen LogP contribution in [0.15, 0.2) is 158 Å². The zero-order valence-electron chi connectivity index (χ0n) is 24.4. The Balaban J connectivity index is 1.36. The number of hydrogen-bond donors (Lipinski definition) is 0. The zero-order chi connectivity index (χ0) is 29.3. The third-order valence-corrected chi connectivity index (χ3v) is 10.5. The molecule has 0 radical (unpaired) electrons. The van der Waals surface area contributed by atoms with E-state index in [9.17, 15) is 0 Å². The van der Waals surface area contributed by atoms with Crippen LogP contribution in [0.5, 0.6) is 0 Å². The molecule has 0 saturated heterocycles. The Morgan fingerprint density at radius 2 is 0.844 bits per heavy atom. The van der Waals surface area contributed by atoms with Gasteiger partial charge in [0, 0.05) is 27.2 Å². The van der Waals surface area contributed by atoms with E-state index in [1.54, 1.807) is 0 Å². The van der Waals surface area contributed by atoms with E-state index in [2.05, 4.69) is 167 Å². The van der Waals surface area contributed by atoms with Gasteiger partial charge in [0.2, 0.25) is 0 Å². The molecule has 0 atom stereocenters. The molecule has 1 aliphatic heterocycles. The van der Waals surface area contributed by atoms with Crippen LogP contribution in [0, 0.1) is 0 Å². The molecule has 2 heteroatoms.